The first-order valence-electron chi connectivity index (χ1n) is 11.6. The van der Waals surface area contributed by atoms with Crippen molar-refractivity contribution in [3.05, 3.63) is 82.6 Å². The Morgan fingerprint density at radius 2 is 2.03 bits per heavy atom. The minimum atomic E-state index is -0.246. The number of aromatic nitrogens is 2. The molecule has 1 aliphatic rings. The van der Waals surface area contributed by atoms with E-state index >= 15 is 0 Å². The molecule has 1 aliphatic heterocycles. The molecule has 0 aliphatic carbocycles. The smallest absolute Gasteiger partial charge is 0.196 e. The zero-order chi connectivity index (χ0) is 24.4. The van der Waals surface area contributed by atoms with Crippen molar-refractivity contribution in [3.8, 4) is 11.5 Å². The van der Waals surface area contributed by atoms with Crippen LogP contribution >= 0.6 is 11.6 Å². The van der Waals surface area contributed by atoms with Gasteiger partial charge < -0.3 is 25.3 Å². The molecule has 7 nitrogen and oxygen atoms in total. The van der Waals surface area contributed by atoms with E-state index in [4.69, 9.17) is 26.8 Å². The van der Waals surface area contributed by atoms with Crippen LogP contribution in [0, 0.1) is 5.92 Å². The number of hydrogen-bond donors (Lipinski definition) is 3. The van der Waals surface area contributed by atoms with Crippen molar-refractivity contribution in [2.75, 3.05) is 18.9 Å². The van der Waals surface area contributed by atoms with Gasteiger partial charge in [-0.1, -0.05) is 29.8 Å². The maximum Gasteiger partial charge on any atom is 0.196 e. The second kappa shape index (κ2) is 10.1. The number of nitrogens with one attached hydrogen (secondary N) is 1. The van der Waals surface area contributed by atoms with Crippen LogP contribution in [0.15, 0.2) is 60.9 Å². The molecule has 1 unspecified atom stereocenters. The van der Waals surface area contributed by atoms with Crippen molar-refractivity contribution in [2.45, 2.75) is 25.4 Å². The zero-order valence-corrected chi connectivity index (χ0v) is 19.8. The Labute approximate surface area is 207 Å². The molecule has 3 heterocycles. The molecule has 0 saturated carbocycles. The average molecular weight is 492 g/mol. The zero-order valence-electron chi connectivity index (χ0n) is 19.0. The van der Waals surface area contributed by atoms with Crippen LogP contribution in [0.1, 0.15) is 34.3 Å². The van der Waals surface area contributed by atoms with Gasteiger partial charge in [-0.05, 0) is 55.0 Å². The highest BCUT2D eigenvalue weighted by Gasteiger charge is 2.25. The number of aliphatic hydroxyl groups is 1. The minimum absolute atomic E-state index is 0.00959. The number of H-pyrrole nitrogens is 1. The van der Waals surface area contributed by atoms with Gasteiger partial charge in [0.15, 0.2) is 5.78 Å². The largest absolute Gasteiger partial charge is 0.457 e. The minimum Gasteiger partial charge on any atom is -0.457 e. The summed E-state index contributed by atoms with van der Waals surface area (Å²) in [5, 5.41) is 10.3. The Balaban J connectivity index is 1.41. The number of nitrogen functional groups attached to an aromatic ring is 1. The molecule has 5 rings (SSSR count). The number of carbonyl (C=O) groups excluding carboxylic acids is 1. The fourth-order valence-electron chi connectivity index (χ4n) is 4.60. The number of rotatable bonds is 7. The molecule has 180 valence electrons. The van der Waals surface area contributed by atoms with Gasteiger partial charge in [0.05, 0.1) is 28.7 Å². The van der Waals surface area contributed by atoms with E-state index in [9.17, 15) is 9.90 Å². The molecule has 0 amide bonds. The third-order valence-electron chi connectivity index (χ3n) is 6.42. The summed E-state index contributed by atoms with van der Waals surface area (Å²) in [6.45, 7) is 0.623. The lowest BCUT2D eigenvalue weighted by molar-refractivity contribution is -0.0374. The predicted octanol–water partition coefficient (Wildman–Crippen LogP) is 5.15. The van der Waals surface area contributed by atoms with E-state index in [0.29, 0.717) is 58.3 Å². The van der Waals surface area contributed by atoms with E-state index in [2.05, 4.69) is 9.97 Å². The van der Waals surface area contributed by atoms with Crippen LogP contribution in [0.5, 0.6) is 11.5 Å². The first kappa shape index (κ1) is 23.4. The molecule has 0 radical (unpaired) electrons. The highest BCUT2D eigenvalue weighted by atomic mass is 35.5. The van der Waals surface area contributed by atoms with Crippen LogP contribution in [-0.4, -0.2) is 40.2 Å². The number of fused-ring (bicyclic) bond motifs is 1. The van der Waals surface area contributed by atoms with Gasteiger partial charge in [-0.15, -0.1) is 0 Å². The van der Waals surface area contributed by atoms with E-state index in [1.54, 1.807) is 30.6 Å². The fourth-order valence-corrected chi connectivity index (χ4v) is 4.85. The van der Waals surface area contributed by atoms with E-state index < -0.39 is 0 Å². The Kier molecular flexibility index (Phi) is 6.72. The van der Waals surface area contributed by atoms with Gasteiger partial charge in [0.1, 0.15) is 17.1 Å². The second-order valence-electron chi connectivity index (χ2n) is 8.78. The summed E-state index contributed by atoms with van der Waals surface area (Å²) < 4.78 is 11.4. The molecule has 1 fully saturated rings. The topological polar surface area (TPSA) is 110 Å². The third-order valence-corrected chi connectivity index (χ3v) is 6.73. The summed E-state index contributed by atoms with van der Waals surface area (Å²) in [5.41, 5.74) is 9.31. The SMILES string of the molecule is Nc1c(CC2CCO[C@H](CO)C2)cnc2[nH]cc(C(=O)c3ccc(Oc4ccccc4)cc3Cl)c12. The number of nitrogens with zero attached hydrogens (tertiary/aromatic N) is 1. The van der Waals surface area contributed by atoms with Crippen molar-refractivity contribution >= 4 is 34.1 Å². The van der Waals surface area contributed by atoms with Crippen LogP contribution in [-0.2, 0) is 11.2 Å². The first-order chi connectivity index (χ1) is 17.0. The summed E-state index contributed by atoms with van der Waals surface area (Å²) >= 11 is 6.50. The number of hydrogen-bond acceptors (Lipinski definition) is 6. The number of benzene rings is 2. The molecule has 2 aromatic heterocycles. The molecular formula is C27H26ClN3O4. The van der Waals surface area contributed by atoms with Crippen molar-refractivity contribution in [1.29, 1.82) is 0 Å². The van der Waals surface area contributed by atoms with Gasteiger partial charge in [-0.3, -0.25) is 4.79 Å². The van der Waals surface area contributed by atoms with Crippen LogP contribution in [0.3, 0.4) is 0 Å². The predicted molar refractivity (Wildman–Crippen MR) is 135 cm³/mol. The number of anilines is 1. The number of nitrogens with two attached hydrogens (primary N) is 1. The average Bonchev–Trinajstić information content (AvgIpc) is 3.31. The van der Waals surface area contributed by atoms with Gasteiger partial charge in [0.2, 0.25) is 0 Å². The van der Waals surface area contributed by atoms with Crippen molar-refractivity contribution in [2.24, 2.45) is 5.92 Å². The molecule has 2 atom stereocenters. The first-order valence-corrected chi connectivity index (χ1v) is 11.9. The monoisotopic (exact) mass is 491 g/mol. The quantitative estimate of drug-likeness (QED) is 0.308. The maximum atomic E-state index is 13.5. The number of pyridine rings is 1. The van der Waals surface area contributed by atoms with Crippen LogP contribution in [0.4, 0.5) is 5.69 Å². The Bertz CT molecular complexity index is 1360. The molecular weight excluding hydrogens is 466 g/mol. The van der Waals surface area contributed by atoms with Gasteiger partial charge in [0.25, 0.3) is 0 Å². The van der Waals surface area contributed by atoms with E-state index in [1.165, 1.54) is 0 Å². The summed E-state index contributed by atoms with van der Waals surface area (Å²) in [6, 6.07) is 14.4. The van der Waals surface area contributed by atoms with Crippen LogP contribution in [0.2, 0.25) is 5.02 Å². The lowest BCUT2D eigenvalue weighted by atomic mass is 9.89. The van der Waals surface area contributed by atoms with Crippen LogP contribution < -0.4 is 10.5 Å². The summed E-state index contributed by atoms with van der Waals surface area (Å²) in [5.74, 6) is 1.30. The lowest BCUT2D eigenvalue weighted by Crippen LogP contribution is -2.29. The molecule has 1 saturated heterocycles. The number of ketones is 1. The highest BCUT2D eigenvalue weighted by Crippen LogP contribution is 2.34. The van der Waals surface area contributed by atoms with E-state index in [-0.39, 0.29) is 23.5 Å². The number of carbonyl (C=O) groups is 1. The third kappa shape index (κ3) is 4.89. The Hall–Kier alpha value is -3.39. The Morgan fingerprint density at radius 1 is 1.20 bits per heavy atom. The van der Waals surface area contributed by atoms with Gasteiger partial charge in [0, 0.05) is 36.3 Å². The normalized spacial score (nSPS) is 18.0. The molecule has 2 aromatic carbocycles. The standard InChI is InChI=1S/C27H26ClN3O4/c28-23-12-19(35-18-4-2-1-3-5-18)6-7-21(23)26(33)22-14-31-27-24(22)25(29)17(13-30-27)10-16-8-9-34-20(11-16)15-32/h1-7,12-14,16,20,32H,8-11,15H2,(H3,29,30,31)/t16?,20-/m0/s1. The molecule has 0 spiro atoms. The van der Waals surface area contributed by atoms with Crippen molar-refractivity contribution in [3.63, 3.8) is 0 Å². The summed E-state index contributed by atoms with van der Waals surface area (Å²) in [4.78, 5) is 21.0. The number of halogens is 1. The highest BCUT2D eigenvalue weighted by molar-refractivity contribution is 6.35. The van der Waals surface area contributed by atoms with Gasteiger partial charge in [-0.2, -0.15) is 0 Å². The molecule has 35 heavy (non-hydrogen) atoms. The molecule has 0 bridgehead atoms. The number of aliphatic hydroxyl groups excluding tert-OH is 1. The van der Waals surface area contributed by atoms with Gasteiger partial charge in [-0.25, -0.2) is 4.98 Å². The fraction of sp³-hybridized carbons (Fsp3) is 0.259. The Morgan fingerprint density at radius 3 is 2.80 bits per heavy atom. The maximum absolute atomic E-state index is 13.5. The van der Waals surface area contributed by atoms with Crippen molar-refractivity contribution < 1.29 is 19.4 Å². The van der Waals surface area contributed by atoms with Gasteiger partial charge >= 0.3 is 0 Å². The molecule has 8 heteroatoms. The van der Waals surface area contributed by atoms with E-state index in [1.807, 2.05) is 30.3 Å². The molecule has 4 N–H and O–H groups in total. The lowest BCUT2D eigenvalue weighted by Gasteiger charge is -2.28. The summed E-state index contributed by atoms with van der Waals surface area (Å²) in [6.07, 6.45) is 5.60. The second-order valence-corrected chi connectivity index (χ2v) is 9.19. The number of para-hydroxylation sites is 1. The molecule has 4 aromatic rings. The van der Waals surface area contributed by atoms with E-state index in [0.717, 1.165) is 18.4 Å². The summed E-state index contributed by atoms with van der Waals surface area (Å²) in [7, 11) is 0. The number of ether oxygens (including phenoxy) is 2. The van der Waals surface area contributed by atoms with Crippen molar-refractivity contribution in [1.82, 2.24) is 9.97 Å². The number of aromatic amines is 1. The van der Waals surface area contributed by atoms with Crippen LogP contribution in [0.25, 0.3) is 11.0 Å².